The number of nitrogens with zero attached hydrogens (tertiary/aromatic N) is 1. The van der Waals surface area contributed by atoms with Crippen molar-refractivity contribution in [3.63, 3.8) is 0 Å². The zero-order valence-electron chi connectivity index (χ0n) is 7.78. The molecule has 1 atom stereocenters. The van der Waals surface area contributed by atoms with E-state index in [-0.39, 0.29) is 0 Å². The molecule has 2 heteroatoms. The molecule has 1 N–H and O–H groups in total. The Morgan fingerprint density at radius 3 is 2.75 bits per heavy atom. The molecule has 0 aromatic rings. The number of hydrogen-bond donors (Lipinski definition) is 1. The van der Waals surface area contributed by atoms with Crippen molar-refractivity contribution in [3.8, 4) is 0 Å². The smallest absolute Gasteiger partial charge is 0.100 e. The van der Waals surface area contributed by atoms with Crippen molar-refractivity contribution in [2.45, 2.75) is 26.4 Å². The molecule has 0 saturated carbocycles. The van der Waals surface area contributed by atoms with Crippen LogP contribution < -0.4 is 0 Å². The van der Waals surface area contributed by atoms with Crippen LogP contribution in [0.2, 0.25) is 0 Å². The quantitative estimate of drug-likeness (QED) is 0.632. The highest BCUT2D eigenvalue weighted by Crippen LogP contribution is 2.17. The summed E-state index contributed by atoms with van der Waals surface area (Å²) < 4.78 is 0. The molecule has 1 unspecified atom stereocenters. The maximum absolute atomic E-state index is 9.73. The molecule has 0 fully saturated rings. The average Bonchev–Trinajstić information content (AvgIpc) is 2.10. The molecule has 0 radical (unpaired) electrons. The van der Waals surface area contributed by atoms with Gasteiger partial charge in [0.1, 0.15) is 5.60 Å². The molecule has 2 nitrogen and oxygen atoms in total. The van der Waals surface area contributed by atoms with Crippen LogP contribution in [0.3, 0.4) is 0 Å². The summed E-state index contributed by atoms with van der Waals surface area (Å²) in [4.78, 5) is 4.04. The topological polar surface area (TPSA) is 32.6 Å². The molecule has 66 valence electrons. The van der Waals surface area contributed by atoms with E-state index in [1.807, 2.05) is 6.08 Å². The standard InChI is InChI=1S/C10H15NO/c1-8(2)9-6-10(3,12)4-5-11-7-9/h4-8,12H,1-3H3. The molecule has 0 aromatic heterocycles. The van der Waals surface area contributed by atoms with Gasteiger partial charge in [-0.3, -0.25) is 4.99 Å². The van der Waals surface area contributed by atoms with Gasteiger partial charge < -0.3 is 5.11 Å². The molecule has 0 saturated heterocycles. The number of aliphatic imine (C=N–C) groups is 1. The van der Waals surface area contributed by atoms with Crippen LogP contribution in [0, 0.1) is 5.92 Å². The molecular weight excluding hydrogens is 150 g/mol. The van der Waals surface area contributed by atoms with Gasteiger partial charge in [-0.25, -0.2) is 0 Å². The average molecular weight is 165 g/mol. The molecule has 1 aliphatic rings. The molecule has 1 aliphatic heterocycles. The predicted molar refractivity (Wildman–Crippen MR) is 51.2 cm³/mol. The van der Waals surface area contributed by atoms with E-state index < -0.39 is 5.60 Å². The van der Waals surface area contributed by atoms with Crippen LogP contribution in [0.1, 0.15) is 20.8 Å². The summed E-state index contributed by atoms with van der Waals surface area (Å²) in [5.41, 5.74) is 0.223. The van der Waals surface area contributed by atoms with Crippen LogP contribution in [0.25, 0.3) is 0 Å². The number of allylic oxidation sites excluding steroid dienone is 1. The predicted octanol–water partition coefficient (Wildman–Crippen LogP) is 1.92. The Balaban J connectivity index is 2.95. The molecule has 0 aromatic carbocycles. The lowest BCUT2D eigenvalue weighted by Crippen LogP contribution is -2.18. The van der Waals surface area contributed by atoms with Crippen molar-refractivity contribution < 1.29 is 5.11 Å². The maximum atomic E-state index is 9.73. The minimum atomic E-state index is -0.851. The third-order valence-electron chi connectivity index (χ3n) is 1.85. The fourth-order valence-electron chi connectivity index (χ4n) is 1.06. The van der Waals surface area contributed by atoms with Crippen molar-refractivity contribution in [2.75, 3.05) is 0 Å². The third kappa shape index (κ3) is 2.31. The number of aliphatic hydroxyl groups is 1. The van der Waals surface area contributed by atoms with Gasteiger partial charge in [-0.2, -0.15) is 0 Å². The Bertz CT molecular complexity index is 247. The second kappa shape index (κ2) is 3.23. The van der Waals surface area contributed by atoms with Crippen molar-refractivity contribution in [2.24, 2.45) is 10.9 Å². The van der Waals surface area contributed by atoms with Gasteiger partial charge in [-0.1, -0.05) is 13.8 Å². The third-order valence-corrected chi connectivity index (χ3v) is 1.85. The van der Waals surface area contributed by atoms with Gasteiger partial charge in [0, 0.05) is 12.4 Å². The lowest BCUT2D eigenvalue weighted by atomic mass is 9.97. The van der Waals surface area contributed by atoms with E-state index in [4.69, 9.17) is 0 Å². The SMILES string of the molecule is CC(C)C1=CC(C)(O)C=CN=C1. The Morgan fingerprint density at radius 2 is 2.17 bits per heavy atom. The van der Waals surface area contributed by atoms with Gasteiger partial charge >= 0.3 is 0 Å². The molecule has 0 bridgehead atoms. The van der Waals surface area contributed by atoms with Gasteiger partial charge in [-0.05, 0) is 30.6 Å². The molecule has 1 heterocycles. The number of rotatable bonds is 1. The normalized spacial score (nSPS) is 28.9. The van der Waals surface area contributed by atoms with Crippen LogP contribution in [-0.2, 0) is 0 Å². The summed E-state index contributed by atoms with van der Waals surface area (Å²) >= 11 is 0. The first kappa shape index (κ1) is 9.20. The van der Waals surface area contributed by atoms with Crippen LogP contribution in [0.4, 0.5) is 0 Å². The summed E-state index contributed by atoms with van der Waals surface area (Å²) in [5, 5.41) is 9.73. The first-order valence-electron chi connectivity index (χ1n) is 4.17. The van der Waals surface area contributed by atoms with E-state index in [9.17, 15) is 5.11 Å². The fraction of sp³-hybridized carbons (Fsp3) is 0.500. The van der Waals surface area contributed by atoms with E-state index in [0.717, 1.165) is 5.57 Å². The Labute approximate surface area is 73.3 Å². The minimum Gasteiger partial charge on any atom is -0.382 e. The molecule has 1 rings (SSSR count). The highest BCUT2D eigenvalue weighted by molar-refractivity contribution is 5.80. The number of hydrogen-bond acceptors (Lipinski definition) is 2. The molecular formula is C10H15NO. The van der Waals surface area contributed by atoms with Crippen molar-refractivity contribution >= 4 is 6.21 Å². The molecule has 0 spiro atoms. The first-order valence-corrected chi connectivity index (χ1v) is 4.17. The monoisotopic (exact) mass is 165 g/mol. The van der Waals surface area contributed by atoms with Gasteiger partial charge in [-0.15, -0.1) is 0 Å². The zero-order chi connectivity index (χ0) is 9.19. The van der Waals surface area contributed by atoms with E-state index in [1.165, 1.54) is 0 Å². The zero-order valence-corrected chi connectivity index (χ0v) is 7.78. The summed E-state index contributed by atoms with van der Waals surface area (Å²) in [6.45, 7) is 5.92. The van der Waals surface area contributed by atoms with E-state index in [0.29, 0.717) is 5.92 Å². The summed E-state index contributed by atoms with van der Waals surface area (Å²) in [7, 11) is 0. The van der Waals surface area contributed by atoms with Crippen LogP contribution in [0.5, 0.6) is 0 Å². The lowest BCUT2D eigenvalue weighted by Gasteiger charge is -2.14. The van der Waals surface area contributed by atoms with Crippen molar-refractivity contribution in [3.05, 3.63) is 23.9 Å². The Hall–Kier alpha value is -0.890. The van der Waals surface area contributed by atoms with Crippen molar-refractivity contribution in [1.29, 1.82) is 0 Å². The first-order chi connectivity index (χ1) is 5.51. The minimum absolute atomic E-state index is 0.403. The molecule has 12 heavy (non-hydrogen) atoms. The second-order valence-corrected chi connectivity index (χ2v) is 3.62. The maximum Gasteiger partial charge on any atom is 0.100 e. The van der Waals surface area contributed by atoms with Gasteiger partial charge in [0.2, 0.25) is 0 Å². The highest BCUT2D eigenvalue weighted by Gasteiger charge is 2.16. The van der Waals surface area contributed by atoms with Gasteiger partial charge in [0.05, 0.1) is 0 Å². The van der Waals surface area contributed by atoms with Crippen LogP contribution in [-0.4, -0.2) is 16.9 Å². The highest BCUT2D eigenvalue weighted by atomic mass is 16.3. The largest absolute Gasteiger partial charge is 0.382 e. The summed E-state index contributed by atoms with van der Waals surface area (Å²) in [6, 6.07) is 0. The van der Waals surface area contributed by atoms with Crippen LogP contribution >= 0.6 is 0 Å². The fourth-order valence-corrected chi connectivity index (χ4v) is 1.06. The second-order valence-electron chi connectivity index (χ2n) is 3.62. The van der Waals surface area contributed by atoms with E-state index >= 15 is 0 Å². The Morgan fingerprint density at radius 1 is 1.50 bits per heavy atom. The molecule has 0 aliphatic carbocycles. The molecule has 0 amide bonds. The van der Waals surface area contributed by atoms with Gasteiger partial charge in [0.15, 0.2) is 0 Å². The van der Waals surface area contributed by atoms with E-state index in [1.54, 1.807) is 25.4 Å². The summed E-state index contributed by atoms with van der Waals surface area (Å²) in [6.07, 6.45) is 6.94. The van der Waals surface area contributed by atoms with E-state index in [2.05, 4.69) is 18.8 Å². The van der Waals surface area contributed by atoms with Gasteiger partial charge in [0.25, 0.3) is 0 Å². The summed E-state index contributed by atoms with van der Waals surface area (Å²) in [5.74, 6) is 0.403. The lowest BCUT2D eigenvalue weighted by molar-refractivity contribution is 0.163. The van der Waals surface area contributed by atoms with Crippen LogP contribution in [0.15, 0.2) is 28.9 Å². The Kier molecular flexibility index (Phi) is 2.48. The van der Waals surface area contributed by atoms with Crippen molar-refractivity contribution in [1.82, 2.24) is 0 Å².